The van der Waals surface area contributed by atoms with Crippen molar-refractivity contribution in [2.24, 2.45) is 17.8 Å². The quantitative estimate of drug-likeness (QED) is 0.678. The lowest BCUT2D eigenvalue weighted by atomic mass is 9.85. The summed E-state index contributed by atoms with van der Waals surface area (Å²) >= 11 is 0. The minimum atomic E-state index is -0.609. The number of halogens is 1. The van der Waals surface area contributed by atoms with Gasteiger partial charge in [-0.3, -0.25) is 0 Å². The van der Waals surface area contributed by atoms with Crippen molar-refractivity contribution >= 4 is 0 Å². The van der Waals surface area contributed by atoms with Crippen LogP contribution in [0, 0.1) is 17.8 Å². The van der Waals surface area contributed by atoms with Crippen LogP contribution in [-0.2, 0) is 0 Å². The summed E-state index contributed by atoms with van der Waals surface area (Å²) in [6.07, 6.45) is 0.424. The second-order valence-corrected chi connectivity index (χ2v) is 5.37. The predicted octanol–water partition coefficient (Wildman–Crippen LogP) is 2.96. The molecular weight excluding hydrogens is 177 g/mol. The molecule has 2 atom stereocenters. The van der Waals surface area contributed by atoms with Gasteiger partial charge in [0.15, 0.2) is 0 Å². The lowest BCUT2D eigenvalue weighted by Gasteiger charge is -2.37. The highest BCUT2D eigenvalue weighted by Crippen LogP contribution is 2.27. The van der Waals surface area contributed by atoms with E-state index < -0.39 is 6.17 Å². The van der Waals surface area contributed by atoms with E-state index in [1.165, 1.54) is 0 Å². The van der Waals surface area contributed by atoms with E-state index >= 15 is 0 Å². The average molecular weight is 201 g/mol. The number of alkyl halides is 1. The lowest BCUT2D eigenvalue weighted by molar-refractivity contribution is 0.0555. The van der Waals surface area contributed by atoms with Gasteiger partial charge >= 0.3 is 0 Å². The molecule has 1 heterocycles. The Labute approximate surface area is 87.7 Å². The summed E-state index contributed by atoms with van der Waals surface area (Å²) in [4.78, 5) is 2.27. The SMILES string of the molecule is CC(C)CN1CC[C@@H](C(C)C)[C@H](F)C1. The molecule has 1 aliphatic heterocycles. The minimum absolute atomic E-state index is 0.290. The van der Waals surface area contributed by atoms with Crippen molar-refractivity contribution in [2.45, 2.75) is 40.3 Å². The Kier molecular flexibility index (Phi) is 4.36. The van der Waals surface area contributed by atoms with Crippen LogP contribution >= 0.6 is 0 Å². The monoisotopic (exact) mass is 201 g/mol. The van der Waals surface area contributed by atoms with Gasteiger partial charge in [0, 0.05) is 13.1 Å². The first kappa shape index (κ1) is 12.0. The number of hydrogen-bond acceptors (Lipinski definition) is 1. The maximum Gasteiger partial charge on any atom is 0.116 e. The molecular formula is C12H24FN. The number of nitrogens with zero attached hydrogens (tertiary/aromatic N) is 1. The van der Waals surface area contributed by atoms with Gasteiger partial charge in [0.1, 0.15) is 6.17 Å². The Balaban J connectivity index is 2.39. The second-order valence-electron chi connectivity index (χ2n) is 5.37. The van der Waals surface area contributed by atoms with Crippen LogP contribution in [0.5, 0.6) is 0 Å². The third-order valence-electron chi connectivity index (χ3n) is 3.16. The molecule has 0 spiro atoms. The zero-order valence-electron chi connectivity index (χ0n) is 9.96. The normalized spacial score (nSPS) is 30.2. The van der Waals surface area contributed by atoms with E-state index in [-0.39, 0.29) is 0 Å². The number of likely N-dealkylation sites (tertiary alicyclic amines) is 1. The van der Waals surface area contributed by atoms with Crippen LogP contribution in [0.2, 0.25) is 0 Å². The number of piperidine rings is 1. The van der Waals surface area contributed by atoms with Crippen molar-refractivity contribution in [1.82, 2.24) is 4.90 Å². The van der Waals surface area contributed by atoms with Crippen LogP contribution in [-0.4, -0.2) is 30.7 Å². The van der Waals surface area contributed by atoms with Crippen LogP contribution in [0.1, 0.15) is 34.1 Å². The summed E-state index contributed by atoms with van der Waals surface area (Å²) in [6, 6.07) is 0. The zero-order chi connectivity index (χ0) is 10.7. The summed E-state index contributed by atoms with van der Waals surface area (Å²) < 4.78 is 13.8. The van der Waals surface area contributed by atoms with Crippen molar-refractivity contribution < 1.29 is 4.39 Å². The lowest BCUT2D eigenvalue weighted by Crippen LogP contribution is -2.44. The maximum absolute atomic E-state index is 13.8. The molecule has 14 heavy (non-hydrogen) atoms. The fraction of sp³-hybridized carbons (Fsp3) is 1.00. The average Bonchev–Trinajstić information content (AvgIpc) is 2.01. The van der Waals surface area contributed by atoms with Gasteiger partial charge in [-0.1, -0.05) is 27.7 Å². The second kappa shape index (κ2) is 5.11. The van der Waals surface area contributed by atoms with Crippen molar-refractivity contribution in [2.75, 3.05) is 19.6 Å². The Morgan fingerprint density at radius 3 is 2.36 bits per heavy atom. The molecule has 0 N–H and O–H groups in total. The molecule has 1 saturated heterocycles. The molecule has 0 bridgehead atoms. The van der Waals surface area contributed by atoms with Crippen molar-refractivity contribution in [3.8, 4) is 0 Å². The van der Waals surface area contributed by atoms with E-state index in [1.807, 2.05) is 0 Å². The van der Waals surface area contributed by atoms with Gasteiger partial charge in [-0.15, -0.1) is 0 Å². The van der Waals surface area contributed by atoms with Gasteiger partial charge in [-0.2, -0.15) is 0 Å². The number of rotatable bonds is 3. The van der Waals surface area contributed by atoms with Crippen molar-refractivity contribution in [3.63, 3.8) is 0 Å². The van der Waals surface area contributed by atoms with E-state index in [4.69, 9.17) is 0 Å². The first-order valence-electron chi connectivity index (χ1n) is 5.87. The molecule has 0 aromatic carbocycles. The molecule has 1 aliphatic rings. The molecule has 0 aromatic rings. The third-order valence-corrected chi connectivity index (χ3v) is 3.16. The molecule has 0 saturated carbocycles. The first-order valence-corrected chi connectivity index (χ1v) is 5.87. The molecule has 0 radical (unpaired) electrons. The maximum atomic E-state index is 13.8. The molecule has 0 aliphatic carbocycles. The van der Waals surface area contributed by atoms with Gasteiger partial charge in [-0.25, -0.2) is 4.39 Å². The van der Waals surface area contributed by atoms with E-state index in [2.05, 4.69) is 32.6 Å². The number of hydrogen-bond donors (Lipinski definition) is 0. The highest BCUT2D eigenvalue weighted by atomic mass is 19.1. The van der Waals surface area contributed by atoms with E-state index in [0.29, 0.717) is 24.3 Å². The van der Waals surface area contributed by atoms with Gasteiger partial charge in [0.25, 0.3) is 0 Å². The van der Waals surface area contributed by atoms with E-state index in [1.54, 1.807) is 0 Å². The summed E-state index contributed by atoms with van der Waals surface area (Å²) in [5.41, 5.74) is 0. The zero-order valence-corrected chi connectivity index (χ0v) is 9.96. The van der Waals surface area contributed by atoms with Crippen LogP contribution in [0.4, 0.5) is 4.39 Å². The largest absolute Gasteiger partial charge is 0.300 e. The summed E-state index contributed by atoms with van der Waals surface area (Å²) in [5.74, 6) is 1.43. The molecule has 2 heteroatoms. The highest BCUT2D eigenvalue weighted by molar-refractivity contribution is 4.82. The summed E-state index contributed by atoms with van der Waals surface area (Å²) in [6.45, 7) is 11.4. The van der Waals surface area contributed by atoms with Gasteiger partial charge in [0.2, 0.25) is 0 Å². The third kappa shape index (κ3) is 3.23. The Hall–Kier alpha value is -0.110. The van der Waals surface area contributed by atoms with Crippen molar-refractivity contribution in [3.05, 3.63) is 0 Å². The molecule has 0 unspecified atom stereocenters. The molecule has 1 rings (SSSR count). The van der Waals surface area contributed by atoms with Crippen molar-refractivity contribution in [1.29, 1.82) is 0 Å². The standard InChI is InChI=1S/C12H24FN/c1-9(2)7-14-6-5-11(10(3)4)12(13)8-14/h9-12H,5-8H2,1-4H3/t11-,12+/m0/s1. The predicted molar refractivity (Wildman–Crippen MR) is 59.1 cm³/mol. The molecule has 0 aromatic heterocycles. The van der Waals surface area contributed by atoms with Crippen LogP contribution in [0.25, 0.3) is 0 Å². The molecule has 1 fully saturated rings. The Bertz CT molecular complexity index is 168. The van der Waals surface area contributed by atoms with Gasteiger partial charge in [0.05, 0.1) is 0 Å². The van der Waals surface area contributed by atoms with Crippen LogP contribution in [0.3, 0.4) is 0 Å². The minimum Gasteiger partial charge on any atom is -0.300 e. The van der Waals surface area contributed by atoms with Crippen LogP contribution < -0.4 is 0 Å². The van der Waals surface area contributed by atoms with Gasteiger partial charge < -0.3 is 4.90 Å². The summed E-state index contributed by atoms with van der Waals surface area (Å²) in [7, 11) is 0. The fourth-order valence-corrected chi connectivity index (χ4v) is 2.42. The smallest absolute Gasteiger partial charge is 0.116 e. The Morgan fingerprint density at radius 1 is 1.29 bits per heavy atom. The molecule has 84 valence electrons. The highest BCUT2D eigenvalue weighted by Gasteiger charge is 2.30. The topological polar surface area (TPSA) is 3.24 Å². The van der Waals surface area contributed by atoms with E-state index in [0.717, 1.165) is 19.5 Å². The Morgan fingerprint density at radius 2 is 1.93 bits per heavy atom. The molecule has 1 nitrogen and oxygen atoms in total. The fourth-order valence-electron chi connectivity index (χ4n) is 2.42. The van der Waals surface area contributed by atoms with Gasteiger partial charge in [-0.05, 0) is 30.7 Å². The van der Waals surface area contributed by atoms with Crippen LogP contribution in [0.15, 0.2) is 0 Å². The van der Waals surface area contributed by atoms with E-state index in [9.17, 15) is 4.39 Å². The first-order chi connectivity index (χ1) is 6.50. The summed E-state index contributed by atoms with van der Waals surface area (Å²) in [5, 5.41) is 0. The molecule has 0 amide bonds.